The molecule has 0 aliphatic carbocycles. The summed E-state index contributed by atoms with van der Waals surface area (Å²) in [5.74, 6) is 1.95. The summed E-state index contributed by atoms with van der Waals surface area (Å²) in [6.07, 6.45) is 23.9. The Hall–Kier alpha value is -8.96. The first kappa shape index (κ1) is 55.0. The van der Waals surface area contributed by atoms with Gasteiger partial charge in [-0.05, 0) is 110 Å². The van der Waals surface area contributed by atoms with Crippen molar-refractivity contribution in [2.45, 2.75) is 78.7 Å². The molecular weight excluding hydrogens is 1050 g/mol. The second-order valence-corrected chi connectivity index (χ2v) is 21.5. The summed E-state index contributed by atoms with van der Waals surface area (Å²) in [5.41, 5.74) is 21.4. The maximum atomic E-state index is 6.23. The molecule has 0 bridgehead atoms. The normalized spacial score (nSPS) is 14.0. The third kappa shape index (κ3) is 13.1. The predicted molar refractivity (Wildman–Crippen MR) is 327 cm³/mol. The van der Waals surface area contributed by atoms with Crippen molar-refractivity contribution in [3.63, 3.8) is 0 Å². The molecule has 5 aliphatic heterocycles. The van der Waals surface area contributed by atoms with E-state index in [9.17, 15) is 0 Å². The first-order valence-corrected chi connectivity index (χ1v) is 28.6. The number of hydrogen-bond acceptors (Lipinski definition) is 12. The van der Waals surface area contributed by atoms with Gasteiger partial charge in [0.25, 0.3) is 0 Å². The molecule has 0 amide bonds. The average molecular weight is 1120 g/mol. The second kappa shape index (κ2) is 26.1. The van der Waals surface area contributed by atoms with E-state index in [-0.39, 0.29) is 0 Å². The van der Waals surface area contributed by atoms with Crippen molar-refractivity contribution in [3.8, 4) is 11.5 Å². The largest absolute Gasteiger partial charge is 0.496 e. The highest BCUT2D eigenvalue weighted by molar-refractivity contribution is 6.33. The number of aryl methyl sites for hydroxylation is 2. The van der Waals surface area contributed by atoms with Crippen LogP contribution in [0.5, 0.6) is 11.5 Å². The zero-order valence-corrected chi connectivity index (χ0v) is 48.0. The Bertz CT molecular complexity index is 3590. The number of ether oxygens (including phenoxy) is 2. The van der Waals surface area contributed by atoms with E-state index in [2.05, 4.69) is 149 Å². The molecule has 422 valence electrons. The van der Waals surface area contributed by atoms with Crippen molar-refractivity contribution >= 4 is 40.0 Å². The molecule has 0 radical (unpaired) electrons. The van der Waals surface area contributed by atoms with Gasteiger partial charge >= 0.3 is 0 Å². The fraction of sp³-hybridized carbons (Fsp3) is 0.297. The number of rotatable bonds is 12. The second-order valence-electron chi connectivity index (χ2n) is 21.1. The number of aromatic nitrogens is 10. The van der Waals surface area contributed by atoms with Crippen LogP contribution in [0.25, 0.3) is 0 Å². The van der Waals surface area contributed by atoms with E-state index >= 15 is 0 Å². The van der Waals surface area contributed by atoms with Gasteiger partial charge in [0.2, 0.25) is 0 Å². The van der Waals surface area contributed by atoms with E-state index in [1.807, 2.05) is 61.3 Å². The molecule has 0 saturated carbocycles. The number of benzene rings is 5. The minimum atomic E-state index is 0.820. The van der Waals surface area contributed by atoms with Gasteiger partial charge in [0, 0.05) is 86.3 Å². The first-order chi connectivity index (χ1) is 40.3. The lowest BCUT2D eigenvalue weighted by molar-refractivity contribution is 0.411. The van der Waals surface area contributed by atoms with Gasteiger partial charge in [-0.3, -0.25) is 0 Å². The van der Waals surface area contributed by atoms with Gasteiger partial charge < -0.3 is 58.9 Å². The number of aromatic amines is 5. The highest BCUT2D eigenvalue weighted by Gasteiger charge is 2.26. The molecule has 5 aromatic heterocycles. The standard InChI is InChI=1S/2C13H15N3O.2C13H15N3.C12H12ClN3/c1-17-13-4-2-3-12-11(13)5-6-16(12)8-10-7-14-9-15-10;1-17-12-4-2-3-10-5-6-16(13(10)12)8-11-7-14-9-15-11;1-10-2-3-13-11(6-10)4-5-16(13)8-12-7-14-9-15-12;1-10-2-3-11-4-5-16(13(11)6-10)8-12-7-14-9-15-12;13-11-3-1-2-9-4-5-16(12(9)11)7-10-6-14-8-15-10/h2*2-4,7,9H,5-6,8H2,1H3,(H,14,15);2*2-3,6-7,9H,4-5,8H2,1H3,(H,14,15);1-3,6,8H,4-5,7H2,(H,14,15). The van der Waals surface area contributed by atoms with Crippen LogP contribution in [-0.4, -0.2) is 96.8 Å². The van der Waals surface area contributed by atoms with Crippen LogP contribution in [0, 0.1) is 13.8 Å². The molecule has 5 aromatic carbocycles. The minimum absolute atomic E-state index is 0.820. The summed E-state index contributed by atoms with van der Waals surface area (Å²) >= 11 is 6.23. The predicted octanol–water partition coefficient (Wildman–Crippen LogP) is 11.1. The summed E-state index contributed by atoms with van der Waals surface area (Å²) in [5, 5.41) is 0.838. The molecule has 0 spiro atoms. The van der Waals surface area contributed by atoms with Crippen LogP contribution in [0.1, 0.15) is 67.4 Å². The maximum Gasteiger partial charge on any atom is 0.142 e. The summed E-state index contributed by atoms with van der Waals surface area (Å²) in [6, 6.07) is 32.0. The number of anilines is 5. The van der Waals surface area contributed by atoms with Gasteiger partial charge in [0.05, 0.1) is 123 Å². The summed E-state index contributed by atoms with van der Waals surface area (Å²) in [6.45, 7) is 13.9. The number of nitrogens with one attached hydrogen (secondary N) is 5. The third-order valence-electron chi connectivity index (χ3n) is 15.6. The molecule has 10 heterocycles. The van der Waals surface area contributed by atoms with E-state index in [0.717, 1.165) is 143 Å². The Morgan fingerprint density at radius 3 is 1.39 bits per heavy atom. The van der Waals surface area contributed by atoms with Gasteiger partial charge in [-0.25, -0.2) is 24.9 Å². The smallest absolute Gasteiger partial charge is 0.142 e. The lowest BCUT2D eigenvalue weighted by Crippen LogP contribution is -2.20. The van der Waals surface area contributed by atoms with E-state index < -0.39 is 0 Å². The Morgan fingerprint density at radius 2 is 0.829 bits per heavy atom. The van der Waals surface area contributed by atoms with Crippen LogP contribution in [0.15, 0.2) is 154 Å². The van der Waals surface area contributed by atoms with Crippen LogP contribution < -0.4 is 34.0 Å². The van der Waals surface area contributed by atoms with Crippen molar-refractivity contribution in [3.05, 3.63) is 226 Å². The fourth-order valence-electron chi connectivity index (χ4n) is 11.6. The zero-order chi connectivity index (χ0) is 56.2. The van der Waals surface area contributed by atoms with Gasteiger partial charge in [0.15, 0.2) is 0 Å². The van der Waals surface area contributed by atoms with Gasteiger partial charge in [-0.15, -0.1) is 0 Å². The SMILES string of the molecule is COc1cccc2c1CCN2Cc1c[nH]cn1.COc1cccc2c1N(Cc1c[nH]cn1)CC2.Cc1ccc2c(c1)CCN2Cc1c[nH]cn1.Cc1ccc2c(c1)N(Cc1c[nH]cn1)CC2.Clc1cccc2c1N(Cc1c[nH]cn1)CC2. The van der Waals surface area contributed by atoms with E-state index in [1.165, 1.54) is 67.4 Å². The Balaban J connectivity index is 0.000000108. The fourth-order valence-corrected chi connectivity index (χ4v) is 11.9. The zero-order valence-electron chi connectivity index (χ0n) is 47.2. The molecule has 5 N–H and O–H groups in total. The molecule has 0 unspecified atom stereocenters. The lowest BCUT2D eigenvalue weighted by Gasteiger charge is -2.20. The molecule has 0 saturated heterocycles. The monoisotopic (exact) mass is 1120 g/mol. The number of para-hydroxylation sites is 2. The summed E-state index contributed by atoms with van der Waals surface area (Å²) in [7, 11) is 3.45. The summed E-state index contributed by atoms with van der Waals surface area (Å²) in [4.78, 5) is 48.0. The van der Waals surface area contributed by atoms with Gasteiger partial charge in [-0.1, -0.05) is 71.8 Å². The Kier molecular flexibility index (Phi) is 17.5. The molecule has 17 nitrogen and oxygen atoms in total. The number of imidazole rings is 5. The number of fused-ring (bicyclic) bond motifs is 5. The maximum absolute atomic E-state index is 6.23. The Morgan fingerprint density at radius 1 is 0.402 bits per heavy atom. The van der Waals surface area contributed by atoms with Crippen molar-refractivity contribution in [1.82, 2.24) is 49.8 Å². The van der Waals surface area contributed by atoms with E-state index in [0.29, 0.717) is 0 Å². The number of hydrogen-bond donors (Lipinski definition) is 5. The van der Waals surface area contributed by atoms with E-state index in [4.69, 9.17) is 21.1 Å². The molecule has 0 fully saturated rings. The van der Waals surface area contributed by atoms with Crippen LogP contribution in [0.3, 0.4) is 0 Å². The molecule has 18 heteroatoms. The average Bonchev–Trinajstić information content (AvgIpc) is 4.42. The molecular formula is C64H72ClN15O2. The third-order valence-corrected chi connectivity index (χ3v) is 15.9. The lowest BCUT2D eigenvalue weighted by atomic mass is 10.1. The molecule has 10 aromatic rings. The Labute approximate surface area is 484 Å². The number of methoxy groups -OCH3 is 2. The minimum Gasteiger partial charge on any atom is -0.496 e. The summed E-state index contributed by atoms with van der Waals surface area (Å²) < 4.78 is 10.8. The van der Waals surface area contributed by atoms with Crippen LogP contribution in [0.4, 0.5) is 28.4 Å². The molecule has 5 aliphatic rings. The highest BCUT2D eigenvalue weighted by atomic mass is 35.5. The quantitative estimate of drug-likeness (QED) is 0.0783. The van der Waals surface area contributed by atoms with E-state index in [1.54, 1.807) is 45.9 Å². The van der Waals surface area contributed by atoms with Crippen molar-refractivity contribution in [2.75, 3.05) is 71.4 Å². The van der Waals surface area contributed by atoms with Gasteiger partial charge in [-0.2, -0.15) is 0 Å². The number of halogens is 1. The van der Waals surface area contributed by atoms with Crippen molar-refractivity contribution in [2.24, 2.45) is 0 Å². The van der Waals surface area contributed by atoms with Gasteiger partial charge in [0.1, 0.15) is 11.5 Å². The molecule has 0 atom stereocenters. The van der Waals surface area contributed by atoms with Crippen molar-refractivity contribution < 1.29 is 9.47 Å². The van der Waals surface area contributed by atoms with Crippen LogP contribution >= 0.6 is 11.6 Å². The first-order valence-electron chi connectivity index (χ1n) is 28.2. The molecule has 15 rings (SSSR count). The molecule has 82 heavy (non-hydrogen) atoms. The topological polar surface area (TPSA) is 178 Å². The number of H-pyrrole nitrogens is 5. The van der Waals surface area contributed by atoms with Crippen LogP contribution in [-0.2, 0) is 64.8 Å². The van der Waals surface area contributed by atoms with Crippen LogP contribution in [0.2, 0.25) is 5.02 Å². The van der Waals surface area contributed by atoms with Crippen molar-refractivity contribution in [1.29, 1.82) is 0 Å². The highest BCUT2D eigenvalue weighted by Crippen LogP contribution is 2.39. The number of nitrogens with zero attached hydrogens (tertiary/aromatic N) is 10.